The van der Waals surface area contributed by atoms with E-state index in [1.54, 1.807) is 11.3 Å². The van der Waals surface area contributed by atoms with E-state index in [1.807, 2.05) is 60.1 Å². The van der Waals surface area contributed by atoms with E-state index in [4.69, 9.17) is 0 Å². The first-order valence-electron chi connectivity index (χ1n) is 7.71. The number of carbonyl (C=O) groups is 1. The molecule has 0 unspecified atom stereocenters. The van der Waals surface area contributed by atoms with Gasteiger partial charge in [0.2, 0.25) is 0 Å². The van der Waals surface area contributed by atoms with Crippen molar-refractivity contribution < 1.29 is 4.79 Å². The van der Waals surface area contributed by atoms with Gasteiger partial charge in [0.05, 0.1) is 20.4 Å². The van der Waals surface area contributed by atoms with Crippen LogP contribution in [0, 0.1) is 0 Å². The van der Waals surface area contributed by atoms with Crippen molar-refractivity contribution in [3.63, 3.8) is 0 Å². The Bertz CT molecular complexity index is 1260. The topological polar surface area (TPSA) is 54.9 Å². The number of rotatable bonds is 2. The maximum atomic E-state index is 12.6. The van der Waals surface area contributed by atoms with Gasteiger partial charge in [-0.25, -0.2) is 9.97 Å². The normalized spacial score (nSPS) is 11.4. The molecule has 6 heteroatoms. The SMILES string of the molecule is O=C(Nc1nc2ccc3scnc3c2s1)c1ccc2ccccc2c1. The Morgan fingerprint density at radius 1 is 1.00 bits per heavy atom. The van der Waals surface area contributed by atoms with Crippen molar-refractivity contribution in [3.8, 4) is 0 Å². The van der Waals surface area contributed by atoms with Gasteiger partial charge in [-0.15, -0.1) is 11.3 Å². The molecule has 2 aromatic heterocycles. The van der Waals surface area contributed by atoms with Crippen LogP contribution in [-0.2, 0) is 0 Å². The molecule has 0 fully saturated rings. The van der Waals surface area contributed by atoms with Gasteiger partial charge in [-0.1, -0.05) is 41.7 Å². The second kappa shape index (κ2) is 5.61. The molecule has 2 heterocycles. The number of aromatic nitrogens is 2. The molecule has 1 amide bonds. The van der Waals surface area contributed by atoms with Crippen LogP contribution >= 0.6 is 22.7 Å². The summed E-state index contributed by atoms with van der Waals surface area (Å²) in [5, 5.41) is 5.67. The van der Waals surface area contributed by atoms with E-state index in [9.17, 15) is 4.79 Å². The zero-order valence-corrected chi connectivity index (χ0v) is 14.5. The van der Waals surface area contributed by atoms with Crippen molar-refractivity contribution in [1.29, 1.82) is 0 Å². The average Bonchev–Trinajstić information content (AvgIpc) is 3.26. The van der Waals surface area contributed by atoms with Crippen LogP contribution in [0.2, 0.25) is 0 Å². The molecule has 0 atom stereocenters. The molecule has 0 aliphatic carbocycles. The molecule has 5 aromatic rings. The third-order valence-corrected chi connectivity index (χ3v) is 5.88. The number of fused-ring (bicyclic) bond motifs is 4. The van der Waals surface area contributed by atoms with Crippen LogP contribution in [0.5, 0.6) is 0 Å². The molecule has 120 valence electrons. The van der Waals surface area contributed by atoms with E-state index < -0.39 is 0 Å². The Morgan fingerprint density at radius 3 is 2.80 bits per heavy atom. The number of benzene rings is 3. The van der Waals surface area contributed by atoms with E-state index in [-0.39, 0.29) is 5.91 Å². The van der Waals surface area contributed by atoms with Crippen LogP contribution in [0.25, 0.3) is 31.2 Å². The Balaban J connectivity index is 1.51. The van der Waals surface area contributed by atoms with Gasteiger partial charge >= 0.3 is 0 Å². The average molecular weight is 361 g/mol. The lowest BCUT2D eigenvalue weighted by Gasteiger charge is -2.03. The molecule has 4 nitrogen and oxygen atoms in total. The highest BCUT2D eigenvalue weighted by molar-refractivity contribution is 7.24. The lowest BCUT2D eigenvalue weighted by atomic mass is 10.1. The molecular formula is C19H11N3OS2. The number of amides is 1. The molecule has 0 spiro atoms. The van der Waals surface area contributed by atoms with Crippen LogP contribution < -0.4 is 5.32 Å². The number of hydrogen-bond donors (Lipinski definition) is 1. The Labute approximate surface area is 150 Å². The van der Waals surface area contributed by atoms with E-state index in [0.717, 1.165) is 31.2 Å². The van der Waals surface area contributed by atoms with Gasteiger partial charge in [0.15, 0.2) is 5.13 Å². The first-order chi connectivity index (χ1) is 12.3. The summed E-state index contributed by atoms with van der Waals surface area (Å²) in [5.74, 6) is -0.153. The first kappa shape index (κ1) is 14.5. The number of thiazole rings is 2. The number of hydrogen-bond acceptors (Lipinski definition) is 5. The molecule has 0 aliphatic rings. The van der Waals surface area contributed by atoms with Gasteiger partial charge in [0.25, 0.3) is 5.91 Å². The van der Waals surface area contributed by atoms with Crippen LogP contribution in [0.4, 0.5) is 5.13 Å². The van der Waals surface area contributed by atoms with Crippen molar-refractivity contribution in [2.75, 3.05) is 5.32 Å². The second-order valence-electron chi connectivity index (χ2n) is 5.65. The summed E-state index contributed by atoms with van der Waals surface area (Å²) in [7, 11) is 0. The van der Waals surface area contributed by atoms with Gasteiger partial charge < -0.3 is 0 Å². The van der Waals surface area contributed by atoms with Crippen LogP contribution in [0.1, 0.15) is 10.4 Å². The summed E-state index contributed by atoms with van der Waals surface area (Å²) in [6, 6.07) is 17.7. The maximum absolute atomic E-state index is 12.6. The molecular weight excluding hydrogens is 350 g/mol. The van der Waals surface area contributed by atoms with Gasteiger partial charge in [-0.2, -0.15) is 0 Å². The van der Waals surface area contributed by atoms with Crippen LogP contribution in [-0.4, -0.2) is 15.9 Å². The molecule has 0 saturated carbocycles. The molecule has 5 rings (SSSR count). The van der Waals surface area contributed by atoms with Gasteiger partial charge in [-0.05, 0) is 35.0 Å². The molecule has 0 bridgehead atoms. The lowest BCUT2D eigenvalue weighted by Crippen LogP contribution is -2.11. The lowest BCUT2D eigenvalue weighted by molar-refractivity contribution is 0.102. The Kier molecular flexibility index (Phi) is 3.26. The van der Waals surface area contributed by atoms with Crippen molar-refractivity contribution in [3.05, 3.63) is 65.7 Å². The Morgan fingerprint density at radius 2 is 1.88 bits per heavy atom. The first-order valence-corrected chi connectivity index (χ1v) is 9.40. The molecule has 1 N–H and O–H groups in total. The van der Waals surface area contributed by atoms with Crippen molar-refractivity contribution >= 4 is 64.9 Å². The predicted molar refractivity (Wildman–Crippen MR) is 105 cm³/mol. The third kappa shape index (κ3) is 2.47. The maximum Gasteiger partial charge on any atom is 0.257 e. The summed E-state index contributed by atoms with van der Waals surface area (Å²) in [6.07, 6.45) is 0. The van der Waals surface area contributed by atoms with E-state index in [0.29, 0.717) is 10.7 Å². The number of nitrogens with one attached hydrogen (secondary N) is 1. The monoisotopic (exact) mass is 361 g/mol. The minimum Gasteiger partial charge on any atom is -0.298 e. The Hall–Kier alpha value is -2.83. The van der Waals surface area contributed by atoms with Gasteiger partial charge in [0.1, 0.15) is 5.52 Å². The highest BCUT2D eigenvalue weighted by atomic mass is 32.1. The molecule has 3 aromatic carbocycles. The molecule has 0 aliphatic heterocycles. The van der Waals surface area contributed by atoms with Crippen LogP contribution in [0.15, 0.2) is 60.1 Å². The van der Waals surface area contributed by atoms with Crippen LogP contribution in [0.3, 0.4) is 0 Å². The summed E-state index contributed by atoms with van der Waals surface area (Å²) in [5.41, 5.74) is 4.26. The zero-order valence-electron chi connectivity index (χ0n) is 12.9. The molecule has 0 radical (unpaired) electrons. The standard InChI is InChI=1S/C19H11N3OS2/c23-18(13-6-5-11-3-1-2-4-12(11)9-13)22-19-21-14-7-8-15-16(17(14)25-19)20-10-24-15/h1-10H,(H,21,22,23). The quantitative estimate of drug-likeness (QED) is 0.463. The van der Waals surface area contributed by atoms with E-state index >= 15 is 0 Å². The largest absolute Gasteiger partial charge is 0.298 e. The zero-order chi connectivity index (χ0) is 16.8. The summed E-state index contributed by atoms with van der Waals surface area (Å²) in [4.78, 5) is 21.5. The highest BCUT2D eigenvalue weighted by Crippen LogP contribution is 2.33. The third-order valence-electron chi connectivity index (χ3n) is 4.09. The molecule has 25 heavy (non-hydrogen) atoms. The fraction of sp³-hybridized carbons (Fsp3) is 0. The fourth-order valence-corrected chi connectivity index (χ4v) is 4.57. The molecule has 0 saturated heterocycles. The van der Waals surface area contributed by atoms with Crippen molar-refractivity contribution in [2.45, 2.75) is 0 Å². The predicted octanol–water partition coefficient (Wildman–Crippen LogP) is 5.31. The second-order valence-corrected chi connectivity index (χ2v) is 7.53. The smallest absolute Gasteiger partial charge is 0.257 e. The number of carbonyl (C=O) groups excluding carboxylic acids is 1. The van der Waals surface area contributed by atoms with E-state index in [1.165, 1.54) is 11.3 Å². The van der Waals surface area contributed by atoms with Crippen molar-refractivity contribution in [2.24, 2.45) is 0 Å². The van der Waals surface area contributed by atoms with E-state index in [2.05, 4.69) is 15.3 Å². The summed E-state index contributed by atoms with van der Waals surface area (Å²) < 4.78 is 2.14. The minimum atomic E-state index is -0.153. The van der Waals surface area contributed by atoms with Crippen molar-refractivity contribution in [1.82, 2.24) is 9.97 Å². The highest BCUT2D eigenvalue weighted by Gasteiger charge is 2.13. The van der Waals surface area contributed by atoms with Gasteiger partial charge in [0, 0.05) is 5.56 Å². The number of nitrogens with zero attached hydrogens (tertiary/aromatic N) is 2. The minimum absolute atomic E-state index is 0.153. The summed E-state index contributed by atoms with van der Waals surface area (Å²) >= 11 is 3.06. The fourth-order valence-electron chi connectivity index (χ4n) is 2.87. The van der Waals surface area contributed by atoms with Gasteiger partial charge in [-0.3, -0.25) is 10.1 Å². The summed E-state index contributed by atoms with van der Waals surface area (Å²) in [6.45, 7) is 0. The number of anilines is 1.